The minimum Gasteiger partial charge on any atom is -0.497 e. The van der Waals surface area contributed by atoms with E-state index in [9.17, 15) is 0 Å². The van der Waals surface area contributed by atoms with E-state index in [1.807, 2.05) is 61.0 Å². The highest BCUT2D eigenvalue weighted by Crippen LogP contribution is 2.29. The van der Waals surface area contributed by atoms with Gasteiger partial charge in [0.1, 0.15) is 17.2 Å². The zero-order chi connectivity index (χ0) is 19.9. The number of ether oxygens (including phenoxy) is 3. The molecule has 6 nitrogen and oxygen atoms in total. The molecule has 0 N–H and O–H groups in total. The second-order valence-corrected chi connectivity index (χ2v) is 7.43. The van der Waals surface area contributed by atoms with E-state index < -0.39 is 0 Å². The summed E-state index contributed by atoms with van der Waals surface area (Å²) in [5, 5.41) is 9.91. The number of thioether (sulfide) groups is 1. The normalized spacial score (nSPS) is 11.9. The maximum atomic E-state index is 6.16. The van der Waals surface area contributed by atoms with Crippen LogP contribution < -0.4 is 14.2 Å². The van der Waals surface area contributed by atoms with Crippen molar-refractivity contribution in [2.45, 2.75) is 18.2 Å². The Morgan fingerprint density at radius 3 is 2.50 bits per heavy atom. The largest absolute Gasteiger partial charge is 0.497 e. The van der Waals surface area contributed by atoms with E-state index in [0.29, 0.717) is 17.4 Å². The number of aromatic nitrogens is 3. The van der Waals surface area contributed by atoms with Crippen molar-refractivity contribution in [3.63, 3.8) is 0 Å². The maximum Gasteiger partial charge on any atom is 0.191 e. The van der Waals surface area contributed by atoms with Gasteiger partial charge < -0.3 is 18.8 Å². The quantitative estimate of drug-likeness (QED) is 0.367. The molecule has 0 aliphatic rings. The van der Waals surface area contributed by atoms with Crippen molar-refractivity contribution in [1.29, 1.82) is 0 Å². The molecule has 0 fully saturated rings. The van der Waals surface area contributed by atoms with Gasteiger partial charge in [0, 0.05) is 12.8 Å². The topological polar surface area (TPSA) is 58.4 Å². The third-order valence-corrected chi connectivity index (χ3v) is 5.31. The van der Waals surface area contributed by atoms with Crippen molar-refractivity contribution in [3.05, 3.63) is 59.4 Å². The Labute approximate surface area is 173 Å². The van der Waals surface area contributed by atoms with Gasteiger partial charge >= 0.3 is 0 Å². The summed E-state index contributed by atoms with van der Waals surface area (Å²) in [5.74, 6) is 3.72. The fourth-order valence-electron chi connectivity index (χ4n) is 2.55. The number of para-hydroxylation sites is 1. The summed E-state index contributed by atoms with van der Waals surface area (Å²) in [6.45, 7) is 2.49. The van der Waals surface area contributed by atoms with Crippen molar-refractivity contribution in [1.82, 2.24) is 14.8 Å². The Balaban J connectivity index is 1.51. The van der Waals surface area contributed by atoms with Crippen LogP contribution >= 0.6 is 23.4 Å². The van der Waals surface area contributed by atoms with Gasteiger partial charge in [0.15, 0.2) is 17.1 Å². The summed E-state index contributed by atoms with van der Waals surface area (Å²) in [5.41, 5.74) is 0. The molecule has 1 atom stereocenters. The van der Waals surface area contributed by atoms with E-state index >= 15 is 0 Å². The fourth-order valence-corrected chi connectivity index (χ4v) is 3.47. The Kier molecular flexibility index (Phi) is 7.06. The summed E-state index contributed by atoms with van der Waals surface area (Å²) in [4.78, 5) is 0. The van der Waals surface area contributed by atoms with Gasteiger partial charge in [0.25, 0.3) is 0 Å². The van der Waals surface area contributed by atoms with Crippen LogP contribution in [0.3, 0.4) is 0 Å². The van der Waals surface area contributed by atoms with Crippen LogP contribution in [0.2, 0.25) is 5.02 Å². The predicted octanol–water partition coefficient (Wildman–Crippen LogP) is 4.79. The first-order valence-corrected chi connectivity index (χ1v) is 10.1. The second kappa shape index (κ2) is 9.71. The first-order chi connectivity index (χ1) is 13.6. The van der Waals surface area contributed by atoms with Gasteiger partial charge in [-0.3, -0.25) is 0 Å². The highest BCUT2D eigenvalue weighted by atomic mass is 35.5. The zero-order valence-electron chi connectivity index (χ0n) is 16.0. The van der Waals surface area contributed by atoms with Gasteiger partial charge in [0.05, 0.1) is 18.7 Å². The lowest BCUT2D eigenvalue weighted by Gasteiger charge is -2.15. The molecule has 1 unspecified atom stereocenters. The third kappa shape index (κ3) is 5.11. The smallest absolute Gasteiger partial charge is 0.191 e. The molecule has 1 heterocycles. The molecule has 0 amide bonds. The SMILES string of the molecule is COc1ccc(OCCSc2nnc(C(C)Oc3ccccc3Cl)n2C)cc1. The fraction of sp³-hybridized carbons (Fsp3) is 0.300. The second-order valence-electron chi connectivity index (χ2n) is 5.96. The highest BCUT2D eigenvalue weighted by molar-refractivity contribution is 7.99. The molecule has 0 bridgehead atoms. The van der Waals surface area contributed by atoms with Crippen LogP contribution in [0, 0.1) is 0 Å². The van der Waals surface area contributed by atoms with Crippen molar-refractivity contribution in [2.24, 2.45) is 7.05 Å². The van der Waals surface area contributed by atoms with Gasteiger partial charge in [-0.25, -0.2) is 0 Å². The first kappa shape index (κ1) is 20.4. The maximum absolute atomic E-state index is 6.16. The highest BCUT2D eigenvalue weighted by Gasteiger charge is 2.18. The van der Waals surface area contributed by atoms with E-state index in [4.69, 9.17) is 25.8 Å². The molecule has 148 valence electrons. The Morgan fingerprint density at radius 2 is 1.79 bits per heavy atom. The lowest BCUT2D eigenvalue weighted by Crippen LogP contribution is -2.10. The average molecular weight is 420 g/mol. The number of halogens is 1. The Morgan fingerprint density at radius 1 is 1.07 bits per heavy atom. The van der Waals surface area contributed by atoms with Crippen molar-refractivity contribution in [2.75, 3.05) is 19.5 Å². The molecule has 28 heavy (non-hydrogen) atoms. The number of methoxy groups -OCH3 is 1. The summed E-state index contributed by atoms with van der Waals surface area (Å²) >= 11 is 7.74. The molecular weight excluding hydrogens is 398 g/mol. The standard InChI is InChI=1S/C20H22ClN3O3S/c1-14(27-18-7-5-4-6-17(18)21)19-22-23-20(24(19)2)28-13-12-26-16-10-8-15(25-3)9-11-16/h4-11,14H,12-13H2,1-3H3. The molecule has 0 saturated carbocycles. The number of hydrogen-bond acceptors (Lipinski definition) is 6. The van der Waals surface area contributed by atoms with Crippen molar-refractivity contribution < 1.29 is 14.2 Å². The van der Waals surface area contributed by atoms with E-state index in [2.05, 4.69) is 10.2 Å². The average Bonchev–Trinajstić information content (AvgIpc) is 3.08. The molecule has 0 aliphatic heterocycles. The summed E-state index contributed by atoms with van der Waals surface area (Å²) in [6.07, 6.45) is -0.276. The van der Waals surface area contributed by atoms with E-state index in [-0.39, 0.29) is 6.10 Å². The zero-order valence-corrected chi connectivity index (χ0v) is 17.5. The molecule has 3 rings (SSSR count). The molecule has 0 spiro atoms. The number of benzene rings is 2. The van der Waals surface area contributed by atoms with Crippen molar-refractivity contribution >= 4 is 23.4 Å². The minimum absolute atomic E-state index is 0.276. The minimum atomic E-state index is -0.276. The number of nitrogens with zero attached hydrogens (tertiary/aromatic N) is 3. The van der Waals surface area contributed by atoms with Crippen LogP contribution in [0.5, 0.6) is 17.2 Å². The van der Waals surface area contributed by atoms with Gasteiger partial charge in [-0.1, -0.05) is 35.5 Å². The number of rotatable bonds is 9. The molecule has 3 aromatic rings. The van der Waals surface area contributed by atoms with E-state index in [1.54, 1.807) is 24.9 Å². The lowest BCUT2D eigenvalue weighted by molar-refractivity contribution is 0.211. The van der Waals surface area contributed by atoms with Crippen LogP contribution in [0.15, 0.2) is 53.7 Å². The lowest BCUT2D eigenvalue weighted by atomic mass is 10.3. The monoisotopic (exact) mass is 419 g/mol. The number of hydrogen-bond donors (Lipinski definition) is 0. The summed E-state index contributed by atoms with van der Waals surface area (Å²) in [6, 6.07) is 14.9. The third-order valence-electron chi connectivity index (χ3n) is 4.02. The Hall–Kier alpha value is -2.38. The molecule has 0 aliphatic carbocycles. The van der Waals surface area contributed by atoms with E-state index in [0.717, 1.165) is 28.2 Å². The molecule has 1 aromatic heterocycles. The molecule has 2 aromatic carbocycles. The van der Waals surface area contributed by atoms with Crippen LogP contribution in [0.4, 0.5) is 0 Å². The first-order valence-electron chi connectivity index (χ1n) is 8.78. The summed E-state index contributed by atoms with van der Waals surface area (Å²) in [7, 11) is 3.57. The molecule has 0 saturated heterocycles. The van der Waals surface area contributed by atoms with Crippen LogP contribution in [-0.4, -0.2) is 34.2 Å². The van der Waals surface area contributed by atoms with Crippen LogP contribution in [0.25, 0.3) is 0 Å². The molecular formula is C20H22ClN3O3S. The summed E-state index contributed by atoms with van der Waals surface area (Å²) < 4.78 is 18.7. The van der Waals surface area contributed by atoms with Crippen LogP contribution in [0.1, 0.15) is 18.9 Å². The van der Waals surface area contributed by atoms with Gasteiger partial charge in [-0.2, -0.15) is 0 Å². The van der Waals surface area contributed by atoms with Crippen LogP contribution in [-0.2, 0) is 7.05 Å². The van der Waals surface area contributed by atoms with Gasteiger partial charge in [-0.15, -0.1) is 10.2 Å². The van der Waals surface area contributed by atoms with E-state index in [1.165, 1.54) is 0 Å². The molecule has 0 radical (unpaired) electrons. The van der Waals surface area contributed by atoms with Gasteiger partial charge in [0.2, 0.25) is 0 Å². The molecule has 8 heteroatoms. The predicted molar refractivity (Wildman–Crippen MR) is 111 cm³/mol. The Bertz CT molecular complexity index is 902. The van der Waals surface area contributed by atoms with Gasteiger partial charge in [-0.05, 0) is 43.3 Å². The van der Waals surface area contributed by atoms with Crippen molar-refractivity contribution in [3.8, 4) is 17.2 Å².